The molecule has 32 heavy (non-hydrogen) atoms. The summed E-state index contributed by atoms with van der Waals surface area (Å²) in [5.41, 5.74) is 8.97. The molecule has 0 aliphatic carbocycles. The minimum absolute atomic E-state index is 0.00975. The molecule has 0 fully saturated rings. The molecule has 164 valence electrons. The van der Waals surface area contributed by atoms with Gasteiger partial charge in [-0.2, -0.15) is 9.78 Å². The molecule has 0 saturated heterocycles. The van der Waals surface area contributed by atoms with Crippen LogP contribution in [0, 0.1) is 0 Å². The molecule has 3 heterocycles. The highest BCUT2D eigenvalue weighted by Gasteiger charge is 2.24. The van der Waals surface area contributed by atoms with Crippen molar-refractivity contribution in [3.05, 3.63) is 51.5 Å². The third-order valence-corrected chi connectivity index (χ3v) is 5.75. The van der Waals surface area contributed by atoms with Gasteiger partial charge in [-0.25, -0.2) is 10.1 Å². The van der Waals surface area contributed by atoms with E-state index in [-0.39, 0.29) is 23.1 Å². The summed E-state index contributed by atoms with van der Waals surface area (Å²) in [5.74, 6) is -0.317. The van der Waals surface area contributed by atoms with Crippen LogP contribution < -0.4 is 11.2 Å². The highest BCUT2D eigenvalue weighted by atomic mass is 35.5. The Bertz CT molecular complexity index is 1280. The molecule has 1 amide bonds. The van der Waals surface area contributed by atoms with Crippen molar-refractivity contribution in [2.45, 2.75) is 10.9 Å². The lowest BCUT2D eigenvalue weighted by Crippen LogP contribution is -2.20. The molecule has 3 N–H and O–H groups in total. The molecule has 0 atom stereocenters. The molecule has 1 aromatic carbocycles. The van der Waals surface area contributed by atoms with Crippen LogP contribution in [0.1, 0.15) is 21.7 Å². The van der Waals surface area contributed by atoms with Crippen molar-refractivity contribution in [1.29, 1.82) is 0 Å². The van der Waals surface area contributed by atoms with Gasteiger partial charge in [0.15, 0.2) is 10.9 Å². The van der Waals surface area contributed by atoms with Crippen molar-refractivity contribution < 1.29 is 9.42 Å². The van der Waals surface area contributed by atoms with Crippen LogP contribution in [0.4, 0.5) is 5.82 Å². The number of nitrogen functional groups attached to an aromatic ring is 1. The lowest BCUT2D eigenvalue weighted by atomic mass is 10.2. The Hall–Kier alpha value is -3.49. The number of nitrogens with two attached hydrogens (primary N) is 1. The van der Waals surface area contributed by atoms with Crippen LogP contribution >= 0.6 is 35.0 Å². The maximum Gasteiger partial charge on any atom is 0.293 e. The topological polar surface area (TPSA) is 168 Å². The number of anilines is 1. The van der Waals surface area contributed by atoms with E-state index in [2.05, 4.69) is 46.0 Å². The Morgan fingerprint density at radius 3 is 2.75 bits per heavy atom. The molecule has 0 unspecified atom stereocenters. The Labute approximate surface area is 193 Å². The smallest absolute Gasteiger partial charge is 0.293 e. The molecule has 13 nitrogen and oxygen atoms in total. The SMILES string of the molecule is Cn1cnnc1SCc1c(C(=O)N/N=C\c2c(Cl)cccc2Cl)nnn1-c1nonc1N. The summed E-state index contributed by atoms with van der Waals surface area (Å²) in [7, 11) is 1.79. The van der Waals surface area contributed by atoms with Crippen LogP contribution in [0.5, 0.6) is 0 Å². The zero-order chi connectivity index (χ0) is 22.7. The molecule has 0 bridgehead atoms. The van der Waals surface area contributed by atoms with Gasteiger partial charge in [-0.05, 0) is 22.4 Å². The third kappa shape index (κ3) is 4.42. The van der Waals surface area contributed by atoms with Crippen LogP contribution in [-0.2, 0) is 12.8 Å². The Morgan fingerprint density at radius 2 is 2.09 bits per heavy atom. The number of carbonyl (C=O) groups is 1. The summed E-state index contributed by atoms with van der Waals surface area (Å²) in [6.07, 6.45) is 2.89. The zero-order valence-corrected chi connectivity index (χ0v) is 18.5. The first-order valence-electron chi connectivity index (χ1n) is 8.73. The number of benzene rings is 1. The normalized spacial score (nSPS) is 11.3. The first-order chi connectivity index (χ1) is 15.5. The van der Waals surface area contributed by atoms with Crippen molar-refractivity contribution in [3.63, 3.8) is 0 Å². The largest absolute Gasteiger partial charge is 0.378 e. The highest BCUT2D eigenvalue weighted by Crippen LogP contribution is 2.25. The minimum atomic E-state index is -0.626. The predicted molar refractivity (Wildman–Crippen MR) is 116 cm³/mol. The average molecular weight is 494 g/mol. The number of aryl methyl sites for hydroxylation is 1. The van der Waals surface area contributed by atoms with Crippen molar-refractivity contribution in [2.75, 3.05) is 5.73 Å². The maximum absolute atomic E-state index is 12.8. The number of rotatable bonds is 7. The van der Waals surface area contributed by atoms with Gasteiger partial charge in [0.1, 0.15) is 6.33 Å². The van der Waals surface area contributed by atoms with Crippen LogP contribution in [0.25, 0.3) is 5.82 Å². The second kappa shape index (κ2) is 9.33. The number of nitrogens with one attached hydrogen (secondary N) is 1. The van der Waals surface area contributed by atoms with Gasteiger partial charge in [0, 0.05) is 18.4 Å². The Morgan fingerprint density at radius 1 is 1.31 bits per heavy atom. The number of hydrazone groups is 1. The van der Waals surface area contributed by atoms with Gasteiger partial charge in [-0.3, -0.25) is 4.79 Å². The van der Waals surface area contributed by atoms with E-state index < -0.39 is 5.91 Å². The fraction of sp³-hybridized carbons (Fsp3) is 0.125. The number of nitrogens with zero attached hydrogens (tertiary/aromatic N) is 9. The number of carbonyl (C=O) groups excluding carboxylic acids is 1. The second-order valence-corrected chi connectivity index (χ2v) is 7.87. The van der Waals surface area contributed by atoms with Gasteiger partial charge in [0.05, 0.1) is 22.0 Å². The number of thioether (sulfide) groups is 1. The van der Waals surface area contributed by atoms with Gasteiger partial charge in [0.2, 0.25) is 11.6 Å². The molecule has 0 aliphatic heterocycles. The monoisotopic (exact) mass is 493 g/mol. The molecule has 4 aromatic rings. The number of hydrogen-bond acceptors (Lipinski definition) is 11. The fourth-order valence-electron chi connectivity index (χ4n) is 2.49. The van der Waals surface area contributed by atoms with E-state index in [4.69, 9.17) is 28.9 Å². The van der Waals surface area contributed by atoms with E-state index in [1.807, 2.05) is 0 Å². The van der Waals surface area contributed by atoms with E-state index in [1.165, 1.54) is 22.7 Å². The summed E-state index contributed by atoms with van der Waals surface area (Å²) >= 11 is 13.5. The molecular weight excluding hydrogens is 481 g/mol. The van der Waals surface area contributed by atoms with E-state index >= 15 is 0 Å². The van der Waals surface area contributed by atoms with Crippen LogP contribution in [0.15, 0.2) is 39.4 Å². The number of amides is 1. The number of hydrogen-bond donors (Lipinski definition) is 2. The molecule has 0 saturated carbocycles. The van der Waals surface area contributed by atoms with Crippen LogP contribution in [0.2, 0.25) is 10.0 Å². The van der Waals surface area contributed by atoms with E-state index in [9.17, 15) is 4.79 Å². The zero-order valence-electron chi connectivity index (χ0n) is 16.2. The summed E-state index contributed by atoms with van der Waals surface area (Å²) < 4.78 is 7.62. The molecule has 0 radical (unpaired) electrons. The van der Waals surface area contributed by atoms with Gasteiger partial charge in [-0.1, -0.05) is 46.2 Å². The Kier molecular flexibility index (Phi) is 6.34. The Balaban J connectivity index is 1.60. The maximum atomic E-state index is 12.8. The predicted octanol–water partition coefficient (Wildman–Crippen LogP) is 1.72. The average Bonchev–Trinajstić information content (AvgIpc) is 3.48. The van der Waals surface area contributed by atoms with Gasteiger partial charge < -0.3 is 10.3 Å². The van der Waals surface area contributed by atoms with Crippen molar-refractivity contribution in [2.24, 2.45) is 12.1 Å². The number of aromatic nitrogens is 8. The molecular formula is C16H13Cl2N11O2S. The highest BCUT2D eigenvalue weighted by molar-refractivity contribution is 7.98. The molecule has 4 rings (SSSR count). The minimum Gasteiger partial charge on any atom is -0.378 e. The summed E-state index contributed by atoms with van der Waals surface area (Å²) in [5, 5.41) is 28.3. The molecule has 3 aromatic heterocycles. The lowest BCUT2D eigenvalue weighted by Gasteiger charge is -2.05. The lowest BCUT2D eigenvalue weighted by molar-refractivity contribution is 0.0949. The second-order valence-electron chi connectivity index (χ2n) is 6.12. The quantitative estimate of drug-likeness (QED) is 0.219. The standard InChI is InChI=1S/C16H13Cl2N11O2S/c1-28-7-21-24-16(28)32-6-11-12(22-27-29(11)14-13(19)25-31-26-14)15(30)23-20-5-8-9(17)3-2-4-10(8)18/h2-5,7H,6H2,1H3,(H2,19,25)(H,23,30)/b20-5-. The third-order valence-electron chi connectivity index (χ3n) is 4.04. The van der Waals surface area contributed by atoms with Crippen LogP contribution in [-0.4, -0.2) is 52.2 Å². The molecule has 16 heteroatoms. The van der Waals surface area contributed by atoms with Gasteiger partial charge in [0.25, 0.3) is 5.91 Å². The summed E-state index contributed by atoms with van der Waals surface area (Å²) in [6, 6.07) is 5.01. The van der Waals surface area contributed by atoms with Crippen molar-refractivity contribution in [1.82, 2.24) is 45.5 Å². The first-order valence-corrected chi connectivity index (χ1v) is 10.5. The van der Waals surface area contributed by atoms with E-state index in [0.717, 1.165) is 0 Å². The summed E-state index contributed by atoms with van der Waals surface area (Å²) in [4.78, 5) is 12.8. The van der Waals surface area contributed by atoms with Crippen LogP contribution in [0.3, 0.4) is 0 Å². The van der Waals surface area contributed by atoms with E-state index in [0.29, 0.717) is 26.5 Å². The fourth-order valence-corrected chi connectivity index (χ4v) is 3.87. The molecule has 0 spiro atoms. The molecule has 0 aliphatic rings. The van der Waals surface area contributed by atoms with Gasteiger partial charge in [-0.15, -0.1) is 15.3 Å². The van der Waals surface area contributed by atoms with Gasteiger partial charge >= 0.3 is 0 Å². The number of halogens is 2. The van der Waals surface area contributed by atoms with E-state index in [1.54, 1.807) is 36.1 Å². The first kappa shape index (κ1) is 21.7. The van der Waals surface area contributed by atoms with Crippen molar-refractivity contribution in [3.8, 4) is 5.82 Å². The summed E-state index contributed by atoms with van der Waals surface area (Å²) in [6.45, 7) is 0. The van der Waals surface area contributed by atoms with Crippen molar-refractivity contribution >= 4 is 52.9 Å².